The topological polar surface area (TPSA) is 0 Å². The molecule has 0 saturated heterocycles. The maximum absolute atomic E-state index is 14.0. The fraction of sp³-hybridized carbons (Fsp3) is 0.200. The van der Waals surface area contributed by atoms with Crippen molar-refractivity contribution >= 4 is 41.0 Å². The van der Waals surface area contributed by atoms with Crippen LogP contribution in [0.3, 0.4) is 0 Å². The van der Waals surface area contributed by atoms with Crippen LogP contribution in [0.25, 0.3) is 0 Å². The first kappa shape index (κ1) is 18.5. The summed E-state index contributed by atoms with van der Waals surface area (Å²) < 4.78 is 52.4. The summed E-state index contributed by atoms with van der Waals surface area (Å²) in [7, 11) is 0. The van der Waals surface area contributed by atoms with E-state index >= 15 is 0 Å². The van der Waals surface area contributed by atoms with Gasteiger partial charge in [-0.2, -0.15) is 12.5 Å². The summed E-state index contributed by atoms with van der Waals surface area (Å²) in [5, 5.41) is 0. The van der Waals surface area contributed by atoms with Crippen molar-refractivity contribution in [3.8, 4) is 0 Å². The molecule has 0 amide bonds. The molecule has 0 nitrogen and oxygen atoms in total. The van der Waals surface area contributed by atoms with E-state index in [1.54, 1.807) is 25.1 Å². The van der Waals surface area contributed by atoms with Crippen molar-refractivity contribution in [2.75, 3.05) is 0 Å². The van der Waals surface area contributed by atoms with Crippen molar-refractivity contribution < 1.29 is 17.6 Å². The number of alkyl halides is 4. The molecule has 6 heteroatoms. The van der Waals surface area contributed by atoms with Crippen LogP contribution in [0.4, 0.5) is 17.6 Å². The maximum atomic E-state index is 14.0. The third-order valence-corrected chi connectivity index (χ3v) is 4.91. The Morgan fingerprint density at radius 1 is 0.810 bits per heavy atom. The molecule has 21 heavy (non-hydrogen) atoms. The van der Waals surface area contributed by atoms with Gasteiger partial charge in [0.05, 0.1) is 0 Å². The average molecular weight is 373 g/mol. The number of halogens is 5. The van der Waals surface area contributed by atoms with E-state index in [4.69, 9.17) is 0 Å². The van der Waals surface area contributed by atoms with Crippen molar-refractivity contribution in [3.63, 3.8) is 0 Å². The summed E-state index contributed by atoms with van der Waals surface area (Å²) in [6, 6.07) is 12.8. The standard InChI is InChI=1S/C9H7F4.C6H5.BrH.Mg/c1-6-2-4-7(5-3-6)9(12,13)8(10)11;1-2-4-6-5-3-1;;/h2-5H,1H3;1-5H;1H;. The lowest BCUT2D eigenvalue weighted by Gasteiger charge is -2.28. The van der Waals surface area contributed by atoms with Gasteiger partial charge in [-0.25, -0.2) is 8.78 Å². The average Bonchev–Trinajstić information content (AvgIpc) is 2.39. The number of benzene rings is 2. The zero-order valence-corrected chi connectivity index (χ0v) is 14.5. The maximum Gasteiger partial charge on any atom is 0.529 e. The van der Waals surface area contributed by atoms with Crippen LogP contribution in [0.5, 0.6) is 0 Å². The molecule has 0 saturated carbocycles. The predicted molar refractivity (Wildman–Crippen MR) is 82.2 cm³/mol. The lowest BCUT2D eigenvalue weighted by atomic mass is 10.1. The molecular weight excluding hydrogens is 360 g/mol. The highest BCUT2D eigenvalue weighted by molar-refractivity contribution is 8.93. The molecule has 0 aliphatic rings. The van der Waals surface area contributed by atoms with Gasteiger partial charge in [0.15, 0.2) is 0 Å². The largest absolute Gasteiger partial charge is 0.529 e. The monoisotopic (exact) mass is 372 g/mol. The SMILES string of the molecule is Br.Cc1ccc(C(F)(F)[C](F)(F)[Mg][c]2ccccc2)cc1. The van der Waals surface area contributed by atoms with Gasteiger partial charge in [0.25, 0.3) is 0 Å². The summed E-state index contributed by atoms with van der Waals surface area (Å²) in [5.41, 5.74) is 0.129. The molecule has 0 bridgehead atoms. The van der Waals surface area contributed by atoms with Crippen LogP contribution >= 0.6 is 17.0 Å². The quantitative estimate of drug-likeness (QED) is 0.554. The Morgan fingerprint density at radius 3 is 1.86 bits per heavy atom. The molecule has 2 rings (SSSR count). The predicted octanol–water partition coefficient (Wildman–Crippen LogP) is 4.29. The molecule has 0 fully saturated rings. The van der Waals surface area contributed by atoms with Crippen LogP contribution in [-0.4, -0.2) is 24.4 Å². The van der Waals surface area contributed by atoms with E-state index in [1.807, 2.05) is 0 Å². The van der Waals surface area contributed by atoms with Crippen LogP contribution in [0.2, 0.25) is 0 Å². The highest BCUT2D eigenvalue weighted by Gasteiger charge is 2.56. The number of hydrogen-bond acceptors (Lipinski definition) is 0. The fourth-order valence-electron chi connectivity index (χ4n) is 1.94. The molecule has 0 radical (unpaired) electrons. The van der Waals surface area contributed by atoms with Crippen molar-refractivity contribution in [1.29, 1.82) is 0 Å². The second-order valence-electron chi connectivity index (χ2n) is 4.81. The first-order chi connectivity index (χ1) is 9.33. The molecular formula is C15H13BrF4Mg. The molecule has 2 aromatic rings. The molecule has 0 N–H and O–H groups in total. The van der Waals surface area contributed by atoms with Crippen molar-refractivity contribution in [3.05, 3.63) is 65.7 Å². The summed E-state index contributed by atoms with van der Waals surface area (Å²) in [6.45, 7) is 1.72. The van der Waals surface area contributed by atoms with Crippen LogP contribution < -0.4 is 3.69 Å². The van der Waals surface area contributed by atoms with Gasteiger partial charge in [-0.05, 0) is 6.92 Å². The van der Waals surface area contributed by atoms with Crippen molar-refractivity contribution in [2.24, 2.45) is 0 Å². The van der Waals surface area contributed by atoms with Gasteiger partial charge in [0, 0.05) is 5.56 Å². The highest BCUT2D eigenvalue weighted by Crippen LogP contribution is 2.42. The van der Waals surface area contributed by atoms with E-state index in [-0.39, 0.29) is 17.0 Å². The van der Waals surface area contributed by atoms with E-state index in [0.717, 1.165) is 17.7 Å². The Morgan fingerprint density at radius 2 is 1.33 bits per heavy atom. The van der Waals surface area contributed by atoms with Gasteiger partial charge in [-0.3, -0.25) is 0 Å². The summed E-state index contributed by atoms with van der Waals surface area (Å²) >= 11 is -2.42. The Labute approximate surface area is 141 Å². The van der Waals surface area contributed by atoms with Gasteiger partial charge in [0.2, 0.25) is 4.05 Å². The Kier molecular flexibility index (Phi) is 6.25. The van der Waals surface area contributed by atoms with Crippen molar-refractivity contribution in [2.45, 2.75) is 16.9 Å². The van der Waals surface area contributed by atoms with E-state index in [9.17, 15) is 17.6 Å². The molecule has 0 spiro atoms. The number of aryl methyl sites for hydroxylation is 1. The Hall–Kier alpha value is -0.594. The minimum Gasteiger partial charge on any atom is -0.234 e. The van der Waals surface area contributed by atoms with Gasteiger partial charge in [0.1, 0.15) is 0 Å². The van der Waals surface area contributed by atoms with Gasteiger partial charge in [-0.1, -0.05) is 60.2 Å². The van der Waals surface area contributed by atoms with Crippen LogP contribution in [0.15, 0.2) is 54.6 Å². The van der Waals surface area contributed by atoms with Crippen molar-refractivity contribution in [1.82, 2.24) is 0 Å². The molecule has 0 atom stereocenters. The molecule has 0 unspecified atom stereocenters. The Bertz CT molecular complexity index is 570. The number of hydrogen-bond donors (Lipinski definition) is 0. The third kappa shape index (κ3) is 4.20. The van der Waals surface area contributed by atoms with E-state index < -0.39 is 35.9 Å². The molecule has 0 aliphatic carbocycles. The first-order valence-electron chi connectivity index (χ1n) is 6.20. The smallest absolute Gasteiger partial charge is 0.234 e. The minimum absolute atomic E-state index is 0. The fourth-order valence-corrected chi connectivity index (χ4v) is 3.38. The summed E-state index contributed by atoms with van der Waals surface area (Å²) in [5.74, 6) is -4.14. The van der Waals surface area contributed by atoms with E-state index in [1.165, 1.54) is 24.3 Å². The summed E-state index contributed by atoms with van der Waals surface area (Å²) in [4.78, 5) is 0. The minimum atomic E-state index is -4.14. The zero-order valence-electron chi connectivity index (χ0n) is 11.3. The molecule has 2 aromatic carbocycles. The highest BCUT2D eigenvalue weighted by atomic mass is 79.9. The lowest BCUT2D eigenvalue weighted by molar-refractivity contribution is -0.166. The molecule has 0 aromatic heterocycles. The molecule has 0 aliphatic heterocycles. The van der Waals surface area contributed by atoms with Crippen LogP contribution in [0, 0.1) is 6.92 Å². The third-order valence-electron chi connectivity index (χ3n) is 3.14. The zero-order chi connectivity index (χ0) is 14.8. The second-order valence-corrected chi connectivity index (χ2v) is 6.87. The first-order valence-corrected chi connectivity index (χ1v) is 7.61. The van der Waals surface area contributed by atoms with Gasteiger partial charge >= 0.3 is 26.3 Å². The van der Waals surface area contributed by atoms with Gasteiger partial charge < -0.3 is 0 Å². The molecule has 0 heterocycles. The van der Waals surface area contributed by atoms with Crippen LogP contribution in [0.1, 0.15) is 11.1 Å². The number of rotatable bonds is 4. The lowest BCUT2D eigenvalue weighted by Crippen LogP contribution is -2.47. The van der Waals surface area contributed by atoms with Crippen LogP contribution in [-0.2, 0) is 5.92 Å². The second kappa shape index (κ2) is 7.11. The van der Waals surface area contributed by atoms with E-state index in [2.05, 4.69) is 0 Å². The molecule has 110 valence electrons. The van der Waals surface area contributed by atoms with Gasteiger partial charge in [-0.15, -0.1) is 17.0 Å². The normalized spacial score (nSPS) is 11.5. The van der Waals surface area contributed by atoms with E-state index in [0.29, 0.717) is 3.69 Å². The summed E-state index contributed by atoms with van der Waals surface area (Å²) in [6.07, 6.45) is 0. The Balaban J connectivity index is 0.00000220.